The Hall–Kier alpha value is -4.17. The molecule has 0 aliphatic rings. The lowest BCUT2D eigenvalue weighted by Gasteiger charge is -2.31. The summed E-state index contributed by atoms with van der Waals surface area (Å²) in [6.07, 6.45) is 0. The zero-order chi connectivity index (χ0) is 25.1. The second-order valence-electron chi connectivity index (χ2n) is 7.88. The Balaban J connectivity index is 1.81. The standard InChI is InChI=1S/C26H22ClFN4O3/c1-31(22(16-8-4-3-5-9-16)19-10-6-7-11-20(19)27)26-30-21(23(33)25(35)32(26)2)24(34)29-18-14-12-17(28)13-15-18/h3-15,22,33H,1-2H3,(H,29,34). The number of carbonyl (C=O) groups excluding carboxylic acids is 1. The monoisotopic (exact) mass is 492 g/mol. The molecule has 1 aromatic heterocycles. The van der Waals surface area contributed by atoms with Gasteiger partial charge < -0.3 is 15.3 Å². The molecular weight excluding hydrogens is 471 g/mol. The van der Waals surface area contributed by atoms with Gasteiger partial charge in [-0.15, -0.1) is 0 Å². The first kappa shape index (κ1) is 24.0. The van der Waals surface area contributed by atoms with Gasteiger partial charge >= 0.3 is 0 Å². The maximum absolute atomic E-state index is 13.2. The first-order valence-corrected chi connectivity index (χ1v) is 11.0. The molecule has 0 aliphatic carbocycles. The molecule has 1 atom stereocenters. The van der Waals surface area contributed by atoms with Crippen molar-refractivity contribution in [2.24, 2.45) is 7.05 Å². The van der Waals surface area contributed by atoms with Gasteiger partial charge in [-0.1, -0.05) is 60.1 Å². The number of hydrogen-bond donors (Lipinski definition) is 2. The van der Waals surface area contributed by atoms with Crippen LogP contribution in [0.1, 0.15) is 27.7 Å². The third-order valence-corrected chi connectivity index (χ3v) is 5.92. The molecule has 0 radical (unpaired) electrons. The summed E-state index contributed by atoms with van der Waals surface area (Å²) < 4.78 is 14.4. The van der Waals surface area contributed by atoms with Crippen LogP contribution in [0.4, 0.5) is 16.0 Å². The lowest BCUT2D eigenvalue weighted by Crippen LogP contribution is -2.34. The lowest BCUT2D eigenvalue weighted by molar-refractivity contribution is 0.101. The highest BCUT2D eigenvalue weighted by molar-refractivity contribution is 6.31. The normalized spacial score (nSPS) is 11.7. The van der Waals surface area contributed by atoms with E-state index in [0.717, 1.165) is 15.7 Å². The minimum absolute atomic E-state index is 0.130. The van der Waals surface area contributed by atoms with Gasteiger partial charge in [-0.2, -0.15) is 0 Å². The second kappa shape index (κ2) is 9.99. The summed E-state index contributed by atoms with van der Waals surface area (Å²) in [6.45, 7) is 0. The molecular formula is C26H22ClFN4O3. The molecule has 0 spiro atoms. The maximum Gasteiger partial charge on any atom is 0.297 e. The summed E-state index contributed by atoms with van der Waals surface area (Å²) in [5, 5.41) is 13.5. The quantitative estimate of drug-likeness (QED) is 0.405. The molecule has 3 aromatic carbocycles. The molecule has 0 saturated heterocycles. The van der Waals surface area contributed by atoms with Gasteiger partial charge in [-0.05, 0) is 41.5 Å². The first-order chi connectivity index (χ1) is 16.8. The molecule has 35 heavy (non-hydrogen) atoms. The van der Waals surface area contributed by atoms with Crippen LogP contribution in [0.3, 0.4) is 0 Å². The Labute approximate surface area is 206 Å². The summed E-state index contributed by atoms with van der Waals surface area (Å²) >= 11 is 6.53. The van der Waals surface area contributed by atoms with E-state index in [4.69, 9.17) is 11.6 Å². The number of aromatic nitrogens is 2. The number of aromatic hydroxyl groups is 1. The molecule has 0 saturated carbocycles. The van der Waals surface area contributed by atoms with Crippen molar-refractivity contribution in [2.45, 2.75) is 6.04 Å². The third-order valence-electron chi connectivity index (χ3n) is 5.58. The molecule has 4 rings (SSSR count). The lowest BCUT2D eigenvalue weighted by atomic mass is 9.97. The molecule has 2 N–H and O–H groups in total. The predicted octanol–water partition coefficient (Wildman–Crippen LogP) is 4.76. The predicted molar refractivity (Wildman–Crippen MR) is 134 cm³/mol. The van der Waals surface area contributed by atoms with E-state index in [1.807, 2.05) is 48.5 Å². The molecule has 1 amide bonds. The van der Waals surface area contributed by atoms with Crippen molar-refractivity contribution in [3.63, 3.8) is 0 Å². The van der Waals surface area contributed by atoms with E-state index >= 15 is 0 Å². The van der Waals surface area contributed by atoms with E-state index in [1.54, 1.807) is 18.0 Å². The van der Waals surface area contributed by atoms with Gasteiger partial charge in [-0.3, -0.25) is 14.2 Å². The van der Waals surface area contributed by atoms with Crippen molar-refractivity contribution in [1.29, 1.82) is 0 Å². The zero-order valence-electron chi connectivity index (χ0n) is 18.9. The molecule has 7 nitrogen and oxygen atoms in total. The number of nitrogens with one attached hydrogen (secondary N) is 1. The van der Waals surface area contributed by atoms with Crippen LogP contribution in [-0.2, 0) is 7.05 Å². The summed E-state index contributed by atoms with van der Waals surface area (Å²) in [7, 11) is 3.18. The molecule has 9 heteroatoms. The minimum Gasteiger partial charge on any atom is -0.501 e. The fraction of sp³-hybridized carbons (Fsp3) is 0.115. The highest BCUT2D eigenvalue weighted by Crippen LogP contribution is 2.34. The Morgan fingerprint density at radius 2 is 1.69 bits per heavy atom. The average molecular weight is 493 g/mol. The smallest absolute Gasteiger partial charge is 0.297 e. The van der Waals surface area contributed by atoms with Crippen molar-refractivity contribution in [1.82, 2.24) is 9.55 Å². The van der Waals surface area contributed by atoms with Gasteiger partial charge in [0.05, 0.1) is 6.04 Å². The number of halogens is 2. The number of amides is 1. The van der Waals surface area contributed by atoms with E-state index in [0.29, 0.717) is 5.02 Å². The number of benzene rings is 3. The van der Waals surface area contributed by atoms with Crippen molar-refractivity contribution in [3.05, 3.63) is 117 Å². The Morgan fingerprint density at radius 1 is 1.06 bits per heavy atom. The number of rotatable bonds is 6. The SMILES string of the molecule is CN(c1nc(C(=O)Nc2ccc(F)cc2)c(O)c(=O)n1C)C(c1ccccc1)c1ccccc1Cl. The van der Waals surface area contributed by atoms with Crippen LogP contribution < -0.4 is 15.8 Å². The van der Waals surface area contributed by atoms with E-state index in [2.05, 4.69) is 10.3 Å². The summed E-state index contributed by atoms with van der Waals surface area (Å²) in [6, 6.07) is 21.5. The van der Waals surface area contributed by atoms with E-state index in [9.17, 15) is 19.1 Å². The second-order valence-corrected chi connectivity index (χ2v) is 8.29. The number of carbonyl (C=O) groups is 1. The van der Waals surface area contributed by atoms with E-state index in [-0.39, 0.29) is 11.6 Å². The molecule has 0 fully saturated rings. The van der Waals surface area contributed by atoms with Gasteiger partial charge in [0, 0.05) is 24.8 Å². The maximum atomic E-state index is 13.2. The van der Waals surface area contributed by atoms with Gasteiger partial charge in [0.2, 0.25) is 11.7 Å². The third kappa shape index (κ3) is 4.88. The fourth-order valence-corrected chi connectivity index (χ4v) is 4.07. The Morgan fingerprint density at radius 3 is 2.34 bits per heavy atom. The molecule has 0 aliphatic heterocycles. The van der Waals surface area contributed by atoms with Gasteiger partial charge in [-0.25, -0.2) is 9.37 Å². The molecule has 1 unspecified atom stereocenters. The average Bonchev–Trinajstić information content (AvgIpc) is 2.86. The summed E-state index contributed by atoms with van der Waals surface area (Å²) in [5.41, 5.74) is 0.680. The van der Waals surface area contributed by atoms with Crippen molar-refractivity contribution in [2.75, 3.05) is 17.3 Å². The zero-order valence-corrected chi connectivity index (χ0v) is 19.7. The van der Waals surface area contributed by atoms with E-state index < -0.39 is 34.8 Å². The van der Waals surface area contributed by atoms with Crippen molar-refractivity contribution < 1.29 is 14.3 Å². The Bertz CT molecular complexity index is 1430. The van der Waals surface area contributed by atoms with Crippen LogP contribution in [0.2, 0.25) is 5.02 Å². The van der Waals surface area contributed by atoms with Crippen LogP contribution in [0.5, 0.6) is 5.75 Å². The largest absolute Gasteiger partial charge is 0.501 e. The Kier molecular flexibility index (Phi) is 6.84. The van der Waals surface area contributed by atoms with Crippen LogP contribution in [-0.4, -0.2) is 27.6 Å². The number of hydrogen-bond acceptors (Lipinski definition) is 5. The van der Waals surface area contributed by atoms with Crippen LogP contribution in [0.25, 0.3) is 0 Å². The van der Waals surface area contributed by atoms with Crippen molar-refractivity contribution >= 4 is 29.1 Å². The van der Waals surface area contributed by atoms with Gasteiger partial charge in [0.1, 0.15) is 5.82 Å². The van der Waals surface area contributed by atoms with Crippen LogP contribution in [0, 0.1) is 5.82 Å². The van der Waals surface area contributed by atoms with E-state index in [1.165, 1.54) is 31.3 Å². The van der Waals surface area contributed by atoms with Crippen LogP contribution >= 0.6 is 11.6 Å². The fourth-order valence-electron chi connectivity index (χ4n) is 3.84. The summed E-state index contributed by atoms with van der Waals surface area (Å²) in [4.78, 5) is 31.8. The molecule has 0 bridgehead atoms. The highest BCUT2D eigenvalue weighted by Gasteiger charge is 2.28. The number of anilines is 2. The molecule has 1 heterocycles. The number of nitrogens with zero attached hydrogens (tertiary/aromatic N) is 3. The van der Waals surface area contributed by atoms with Gasteiger partial charge in [0.15, 0.2) is 5.69 Å². The van der Waals surface area contributed by atoms with Crippen LogP contribution in [0.15, 0.2) is 83.7 Å². The van der Waals surface area contributed by atoms with Crippen molar-refractivity contribution in [3.8, 4) is 5.75 Å². The highest BCUT2D eigenvalue weighted by atomic mass is 35.5. The summed E-state index contributed by atoms with van der Waals surface area (Å²) in [5.74, 6) is -1.94. The molecule has 178 valence electrons. The molecule has 4 aromatic rings. The minimum atomic E-state index is -0.810. The first-order valence-electron chi connectivity index (χ1n) is 10.7. The topological polar surface area (TPSA) is 87.5 Å². The van der Waals surface area contributed by atoms with Gasteiger partial charge in [0.25, 0.3) is 11.5 Å².